The van der Waals surface area contributed by atoms with Crippen molar-refractivity contribution in [1.82, 2.24) is 10.2 Å². The van der Waals surface area contributed by atoms with Gasteiger partial charge in [0.15, 0.2) is 0 Å². The van der Waals surface area contributed by atoms with Gasteiger partial charge >= 0.3 is 0 Å². The average molecular weight is 353 g/mol. The monoisotopic (exact) mass is 353 g/mol. The fourth-order valence-corrected chi connectivity index (χ4v) is 2.64. The second-order valence-corrected chi connectivity index (χ2v) is 6.09. The van der Waals surface area contributed by atoms with E-state index in [0.29, 0.717) is 24.2 Å². The zero-order valence-corrected chi connectivity index (χ0v) is 15.1. The molecule has 2 rings (SSSR count). The van der Waals surface area contributed by atoms with Gasteiger partial charge in [-0.25, -0.2) is 0 Å². The van der Waals surface area contributed by atoms with E-state index in [2.05, 4.69) is 5.32 Å². The van der Waals surface area contributed by atoms with E-state index in [-0.39, 0.29) is 11.8 Å². The van der Waals surface area contributed by atoms with Crippen molar-refractivity contribution >= 4 is 11.8 Å². The lowest BCUT2D eigenvalue weighted by molar-refractivity contribution is 0.0613. The summed E-state index contributed by atoms with van der Waals surface area (Å²) in [7, 11) is 0. The molecule has 0 aliphatic rings. The number of nitrogens with two attached hydrogens (primary N) is 1. The maximum atomic E-state index is 12.8. The third-order valence-electron chi connectivity index (χ3n) is 4.07. The van der Waals surface area contributed by atoms with Gasteiger partial charge in [-0.15, -0.1) is 0 Å². The van der Waals surface area contributed by atoms with Gasteiger partial charge in [0, 0.05) is 17.7 Å². The quantitative estimate of drug-likeness (QED) is 0.509. The molecule has 0 fully saturated rings. The highest BCUT2D eigenvalue weighted by atomic mass is 16.2. The number of benzene rings is 2. The molecule has 0 aromatic heterocycles. The van der Waals surface area contributed by atoms with Crippen LogP contribution in [0.4, 0.5) is 0 Å². The van der Waals surface area contributed by atoms with Crippen molar-refractivity contribution in [3.05, 3.63) is 71.8 Å². The minimum atomic E-state index is -0.254. The van der Waals surface area contributed by atoms with Crippen LogP contribution in [0.15, 0.2) is 60.7 Å². The smallest absolute Gasteiger partial charge is 0.260 e. The van der Waals surface area contributed by atoms with Crippen molar-refractivity contribution in [3.63, 3.8) is 0 Å². The van der Waals surface area contributed by atoms with Crippen molar-refractivity contribution < 1.29 is 9.59 Å². The van der Waals surface area contributed by atoms with Crippen LogP contribution in [0.3, 0.4) is 0 Å². The van der Waals surface area contributed by atoms with E-state index < -0.39 is 0 Å². The normalized spacial score (nSPS) is 10.5. The number of rotatable bonds is 10. The molecule has 0 radical (unpaired) electrons. The second kappa shape index (κ2) is 11.2. The summed E-state index contributed by atoms with van der Waals surface area (Å²) in [5, 5.41) is 3.31. The topological polar surface area (TPSA) is 75.4 Å². The third kappa shape index (κ3) is 6.10. The Morgan fingerprint density at radius 1 is 0.769 bits per heavy atom. The van der Waals surface area contributed by atoms with Crippen LogP contribution < -0.4 is 11.1 Å². The molecule has 0 aliphatic heterocycles. The predicted molar refractivity (Wildman–Crippen MR) is 104 cm³/mol. The molecule has 0 heterocycles. The summed E-state index contributed by atoms with van der Waals surface area (Å²) in [5.41, 5.74) is 6.52. The first-order chi connectivity index (χ1) is 12.7. The van der Waals surface area contributed by atoms with Crippen LogP contribution in [-0.4, -0.2) is 42.9 Å². The predicted octanol–water partition coefficient (Wildman–Crippen LogP) is 2.69. The van der Waals surface area contributed by atoms with Crippen molar-refractivity contribution in [2.45, 2.75) is 19.3 Å². The Labute approximate surface area is 155 Å². The van der Waals surface area contributed by atoms with Crippen LogP contribution in [0, 0.1) is 0 Å². The van der Waals surface area contributed by atoms with Gasteiger partial charge < -0.3 is 11.1 Å². The first kappa shape index (κ1) is 19.8. The summed E-state index contributed by atoms with van der Waals surface area (Å²) in [6.07, 6.45) is 2.60. The van der Waals surface area contributed by atoms with E-state index in [1.165, 1.54) is 4.90 Å². The zero-order valence-electron chi connectivity index (χ0n) is 15.1. The molecule has 26 heavy (non-hydrogen) atoms. The zero-order chi connectivity index (χ0) is 18.6. The van der Waals surface area contributed by atoms with Crippen LogP contribution in [0.5, 0.6) is 0 Å². The summed E-state index contributed by atoms with van der Waals surface area (Å²) in [5.74, 6) is -0.508. The summed E-state index contributed by atoms with van der Waals surface area (Å²) in [6, 6.07) is 17.9. The lowest BCUT2D eigenvalue weighted by atomic mass is 10.1. The molecule has 2 amide bonds. The van der Waals surface area contributed by atoms with Crippen LogP contribution in [0.1, 0.15) is 40.0 Å². The second-order valence-electron chi connectivity index (χ2n) is 6.09. The maximum Gasteiger partial charge on any atom is 0.260 e. The molecule has 5 nitrogen and oxygen atoms in total. The molecular formula is C21H27N3O2. The fourth-order valence-electron chi connectivity index (χ4n) is 2.64. The van der Waals surface area contributed by atoms with E-state index in [1.807, 2.05) is 12.1 Å². The number of nitrogens with zero attached hydrogens (tertiary/aromatic N) is 1. The minimum absolute atomic E-state index is 0.254. The molecule has 0 saturated carbocycles. The SMILES string of the molecule is NCCCNCCCCN(C(=O)c1ccccc1)C(=O)c1ccccc1. The summed E-state index contributed by atoms with van der Waals surface area (Å²) >= 11 is 0. The Morgan fingerprint density at radius 3 is 1.77 bits per heavy atom. The average Bonchev–Trinajstić information content (AvgIpc) is 2.70. The van der Waals surface area contributed by atoms with Crippen LogP contribution in [-0.2, 0) is 0 Å². The molecule has 3 N–H and O–H groups in total. The summed E-state index contributed by atoms with van der Waals surface area (Å²) in [4.78, 5) is 27.0. The molecule has 2 aromatic carbocycles. The minimum Gasteiger partial charge on any atom is -0.330 e. The van der Waals surface area contributed by atoms with Crippen molar-refractivity contribution in [3.8, 4) is 0 Å². The van der Waals surface area contributed by atoms with E-state index in [0.717, 1.165) is 32.4 Å². The van der Waals surface area contributed by atoms with Crippen molar-refractivity contribution in [2.24, 2.45) is 5.73 Å². The number of nitrogens with one attached hydrogen (secondary N) is 1. The molecule has 0 saturated heterocycles. The summed E-state index contributed by atoms with van der Waals surface area (Å²) < 4.78 is 0. The number of carbonyl (C=O) groups is 2. The fraction of sp³-hybridized carbons (Fsp3) is 0.333. The van der Waals surface area contributed by atoms with E-state index in [1.54, 1.807) is 48.5 Å². The van der Waals surface area contributed by atoms with Gasteiger partial charge in [0.1, 0.15) is 0 Å². The Kier molecular flexibility index (Phi) is 8.52. The standard InChI is InChI=1S/C21H27N3O2/c22-14-9-16-23-15-7-8-17-24(20(25)18-10-3-1-4-11-18)21(26)19-12-5-2-6-13-19/h1-6,10-13,23H,7-9,14-17,22H2. The molecule has 2 aromatic rings. The van der Waals surface area contributed by atoms with E-state index >= 15 is 0 Å². The first-order valence-electron chi connectivity index (χ1n) is 9.11. The van der Waals surface area contributed by atoms with Gasteiger partial charge in [0.05, 0.1) is 0 Å². The number of hydrogen-bond acceptors (Lipinski definition) is 4. The number of carbonyl (C=O) groups excluding carboxylic acids is 2. The molecule has 0 bridgehead atoms. The number of imide groups is 1. The highest BCUT2D eigenvalue weighted by Crippen LogP contribution is 2.11. The van der Waals surface area contributed by atoms with Gasteiger partial charge in [-0.2, -0.15) is 0 Å². The maximum absolute atomic E-state index is 12.8. The molecule has 0 aliphatic carbocycles. The molecule has 0 spiro atoms. The van der Waals surface area contributed by atoms with E-state index in [9.17, 15) is 9.59 Å². The van der Waals surface area contributed by atoms with E-state index in [4.69, 9.17) is 5.73 Å². The van der Waals surface area contributed by atoms with Crippen LogP contribution >= 0.6 is 0 Å². The number of unbranched alkanes of at least 4 members (excludes halogenated alkanes) is 1. The number of amides is 2. The molecular weight excluding hydrogens is 326 g/mol. The van der Waals surface area contributed by atoms with Crippen molar-refractivity contribution in [1.29, 1.82) is 0 Å². The van der Waals surface area contributed by atoms with Crippen LogP contribution in [0.2, 0.25) is 0 Å². The van der Waals surface area contributed by atoms with Gasteiger partial charge in [0.25, 0.3) is 11.8 Å². The third-order valence-corrected chi connectivity index (χ3v) is 4.07. The first-order valence-corrected chi connectivity index (χ1v) is 9.11. The van der Waals surface area contributed by atoms with Crippen LogP contribution in [0.25, 0.3) is 0 Å². The Balaban J connectivity index is 2.00. The van der Waals surface area contributed by atoms with Gasteiger partial charge in [0.2, 0.25) is 0 Å². The molecule has 5 heteroatoms. The molecule has 0 atom stereocenters. The Hall–Kier alpha value is -2.50. The lowest BCUT2D eigenvalue weighted by Crippen LogP contribution is -2.38. The molecule has 0 unspecified atom stereocenters. The highest BCUT2D eigenvalue weighted by Gasteiger charge is 2.23. The van der Waals surface area contributed by atoms with Gasteiger partial charge in [-0.3, -0.25) is 14.5 Å². The highest BCUT2D eigenvalue weighted by molar-refractivity contribution is 6.10. The summed E-state index contributed by atoms with van der Waals surface area (Å²) in [6.45, 7) is 2.83. The van der Waals surface area contributed by atoms with Crippen molar-refractivity contribution in [2.75, 3.05) is 26.2 Å². The molecule has 138 valence electrons. The lowest BCUT2D eigenvalue weighted by Gasteiger charge is -2.21. The largest absolute Gasteiger partial charge is 0.330 e. The number of hydrogen-bond donors (Lipinski definition) is 2. The van der Waals surface area contributed by atoms with Gasteiger partial charge in [-0.05, 0) is 63.2 Å². The Morgan fingerprint density at radius 2 is 1.27 bits per heavy atom. The Bertz CT molecular complexity index is 623. The van der Waals surface area contributed by atoms with Gasteiger partial charge in [-0.1, -0.05) is 36.4 Å².